The van der Waals surface area contributed by atoms with Gasteiger partial charge in [0.1, 0.15) is 0 Å². The summed E-state index contributed by atoms with van der Waals surface area (Å²) >= 11 is 0. The van der Waals surface area contributed by atoms with Gasteiger partial charge in [0.2, 0.25) is 5.91 Å². The first-order valence-corrected chi connectivity index (χ1v) is 6.78. The van der Waals surface area contributed by atoms with Gasteiger partial charge >= 0.3 is 0 Å². The zero-order chi connectivity index (χ0) is 14.1. The number of nitrogens with zero attached hydrogens (tertiary/aromatic N) is 1. The molecule has 19 heavy (non-hydrogen) atoms. The van der Waals surface area contributed by atoms with Crippen LogP contribution in [0.3, 0.4) is 0 Å². The van der Waals surface area contributed by atoms with E-state index in [0.717, 1.165) is 13.1 Å². The van der Waals surface area contributed by atoms with Crippen LogP contribution in [-0.4, -0.2) is 44.5 Å². The normalized spacial score (nSPS) is 12.4. The summed E-state index contributed by atoms with van der Waals surface area (Å²) in [5.41, 5.74) is 1.29. The summed E-state index contributed by atoms with van der Waals surface area (Å²) in [7, 11) is 3.92. The minimum Gasteiger partial charge on any atom is -0.355 e. The zero-order valence-corrected chi connectivity index (χ0v) is 12.1. The van der Waals surface area contributed by atoms with E-state index >= 15 is 0 Å². The van der Waals surface area contributed by atoms with Crippen LogP contribution < -0.4 is 10.6 Å². The number of hydrogen-bond acceptors (Lipinski definition) is 3. The Bertz CT molecular complexity index is 367. The van der Waals surface area contributed by atoms with Crippen LogP contribution in [0, 0.1) is 5.92 Å². The average Bonchev–Trinajstić information content (AvgIpc) is 2.40. The molecule has 2 N–H and O–H groups in total. The second kappa shape index (κ2) is 8.67. The Morgan fingerprint density at radius 3 is 2.63 bits per heavy atom. The van der Waals surface area contributed by atoms with Crippen molar-refractivity contribution in [1.29, 1.82) is 0 Å². The van der Waals surface area contributed by atoms with Crippen LogP contribution in [-0.2, 0) is 11.3 Å². The van der Waals surface area contributed by atoms with E-state index < -0.39 is 0 Å². The zero-order valence-electron chi connectivity index (χ0n) is 12.1. The van der Waals surface area contributed by atoms with Crippen molar-refractivity contribution in [3.05, 3.63) is 35.9 Å². The van der Waals surface area contributed by atoms with Gasteiger partial charge in [-0.2, -0.15) is 0 Å². The molecular weight excluding hydrogens is 238 g/mol. The fraction of sp³-hybridized carbons (Fsp3) is 0.533. The molecule has 0 fully saturated rings. The molecule has 4 nitrogen and oxygen atoms in total. The molecule has 0 saturated heterocycles. The highest BCUT2D eigenvalue weighted by Crippen LogP contribution is 2.01. The summed E-state index contributed by atoms with van der Waals surface area (Å²) in [6.07, 6.45) is 0. The van der Waals surface area contributed by atoms with Crippen LogP contribution in [0.25, 0.3) is 0 Å². The molecule has 0 aliphatic heterocycles. The van der Waals surface area contributed by atoms with Gasteiger partial charge in [0.25, 0.3) is 0 Å². The van der Waals surface area contributed by atoms with Crippen molar-refractivity contribution < 1.29 is 4.79 Å². The number of nitrogens with one attached hydrogen (secondary N) is 2. The number of rotatable bonds is 8. The van der Waals surface area contributed by atoms with Crippen molar-refractivity contribution in [2.75, 3.05) is 33.7 Å². The molecule has 1 atom stereocenters. The van der Waals surface area contributed by atoms with Crippen molar-refractivity contribution in [2.45, 2.75) is 13.5 Å². The lowest BCUT2D eigenvalue weighted by molar-refractivity contribution is -0.124. The number of carbonyl (C=O) groups is 1. The van der Waals surface area contributed by atoms with Gasteiger partial charge in [-0.1, -0.05) is 37.3 Å². The molecule has 0 bridgehead atoms. The highest BCUT2D eigenvalue weighted by molar-refractivity contribution is 5.78. The average molecular weight is 263 g/mol. The second-order valence-corrected chi connectivity index (χ2v) is 4.97. The number of amides is 1. The number of benzene rings is 1. The smallest absolute Gasteiger partial charge is 0.224 e. The van der Waals surface area contributed by atoms with Crippen LogP contribution in [0.2, 0.25) is 0 Å². The lowest BCUT2D eigenvalue weighted by Gasteiger charge is -2.18. The maximum Gasteiger partial charge on any atom is 0.224 e. The molecule has 0 aromatic heterocycles. The van der Waals surface area contributed by atoms with E-state index in [-0.39, 0.29) is 11.8 Å². The molecule has 1 rings (SSSR count). The van der Waals surface area contributed by atoms with Gasteiger partial charge in [0.05, 0.1) is 0 Å². The van der Waals surface area contributed by atoms with Crippen LogP contribution in [0.4, 0.5) is 0 Å². The molecule has 0 saturated carbocycles. The summed E-state index contributed by atoms with van der Waals surface area (Å²) in [5.74, 6) is 0.131. The van der Waals surface area contributed by atoms with Crippen LogP contribution >= 0.6 is 0 Å². The summed E-state index contributed by atoms with van der Waals surface area (Å²) in [5, 5.41) is 5.97. The third-order valence-corrected chi connectivity index (χ3v) is 3.05. The Labute approximate surface area is 116 Å². The molecule has 1 unspecified atom stereocenters. The fourth-order valence-corrected chi connectivity index (χ4v) is 1.92. The van der Waals surface area contributed by atoms with Crippen molar-refractivity contribution in [1.82, 2.24) is 15.5 Å². The van der Waals surface area contributed by atoms with Gasteiger partial charge in [0.15, 0.2) is 0 Å². The fourth-order valence-electron chi connectivity index (χ4n) is 1.92. The van der Waals surface area contributed by atoms with Gasteiger partial charge in [0, 0.05) is 32.1 Å². The third-order valence-electron chi connectivity index (χ3n) is 3.05. The van der Waals surface area contributed by atoms with E-state index in [4.69, 9.17) is 0 Å². The minimum atomic E-state index is 0.0180. The topological polar surface area (TPSA) is 44.4 Å². The maximum atomic E-state index is 11.7. The van der Waals surface area contributed by atoms with E-state index in [2.05, 4.69) is 34.7 Å². The molecule has 0 heterocycles. The molecule has 1 amide bonds. The quantitative estimate of drug-likeness (QED) is 0.738. The number of hydrogen-bond donors (Lipinski definition) is 2. The van der Waals surface area contributed by atoms with E-state index in [1.807, 2.05) is 32.2 Å². The Kier molecular flexibility index (Phi) is 7.15. The highest BCUT2D eigenvalue weighted by atomic mass is 16.1. The van der Waals surface area contributed by atoms with Gasteiger partial charge in [-0.15, -0.1) is 0 Å². The summed E-state index contributed by atoms with van der Waals surface area (Å²) < 4.78 is 0. The standard InChI is InChI=1S/C15H25N3O/c1-13(11-16-2)15(19)17-9-10-18(3)12-14-7-5-4-6-8-14/h4-8,13,16H,9-12H2,1-3H3,(H,17,19). The van der Waals surface area contributed by atoms with Crippen molar-refractivity contribution in [3.63, 3.8) is 0 Å². The first-order valence-electron chi connectivity index (χ1n) is 6.78. The molecule has 0 spiro atoms. The molecule has 1 aromatic rings. The third kappa shape index (κ3) is 6.36. The first kappa shape index (κ1) is 15.7. The number of likely N-dealkylation sites (N-methyl/N-ethyl adjacent to an activating group) is 1. The maximum absolute atomic E-state index is 11.7. The van der Waals surface area contributed by atoms with E-state index in [9.17, 15) is 4.79 Å². The van der Waals surface area contributed by atoms with Gasteiger partial charge in [-0.25, -0.2) is 0 Å². The van der Waals surface area contributed by atoms with Crippen LogP contribution in [0.15, 0.2) is 30.3 Å². The molecular formula is C15H25N3O. The first-order chi connectivity index (χ1) is 9.13. The van der Waals surface area contributed by atoms with Crippen LogP contribution in [0.1, 0.15) is 12.5 Å². The largest absolute Gasteiger partial charge is 0.355 e. The van der Waals surface area contributed by atoms with Crippen molar-refractivity contribution >= 4 is 5.91 Å². The summed E-state index contributed by atoms with van der Waals surface area (Å²) in [6.45, 7) is 5.09. The molecule has 0 aliphatic rings. The van der Waals surface area contributed by atoms with Crippen molar-refractivity contribution in [2.24, 2.45) is 5.92 Å². The highest BCUT2D eigenvalue weighted by Gasteiger charge is 2.10. The molecule has 4 heteroatoms. The van der Waals surface area contributed by atoms with E-state index in [0.29, 0.717) is 13.1 Å². The Hall–Kier alpha value is -1.39. The monoisotopic (exact) mass is 263 g/mol. The summed E-state index contributed by atoms with van der Waals surface area (Å²) in [4.78, 5) is 13.9. The Morgan fingerprint density at radius 2 is 2.00 bits per heavy atom. The second-order valence-electron chi connectivity index (χ2n) is 4.97. The van der Waals surface area contributed by atoms with Gasteiger partial charge in [-0.3, -0.25) is 4.79 Å². The Balaban J connectivity index is 2.20. The lowest BCUT2D eigenvalue weighted by Crippen LogP contribution is -2.38. The molecule has 106 valence electrons. The van der Waals surface area contributed by atoms with Crippen molar-refractivity contribution in [3.8, 4) is 0 Å². The predicted octanol–water partition coefficient (Wildman–Crippen LogP) is 1.09. The number of carbonyl (C=O) groups excluding carboxylic acids is 1. The van der Waals surface area contributed by atoms with Gasteiger partial charge < -0.3 is 15.5 Å². The molecule has 0 aliphatic carbocycles. The van der Waals surface area contributed by atoms with E-state index in [1.165, 1.54) is 5.56 Å². The SMILES string of the molecule is CNCC(C)C(=O)NCCN(C)Cc1ccccc1. The molecule has 0 radical (unpaired) electrons. The predicted molar refractivity (Wildman–Crippen MR) is 78.9 cm³/mol. The van der Waals surface area contributed by atoms with Gasteiger partial charge in [-0.05, 0) is 19.7 Å². The lowest BCUT2D eigenvalue weighted by atomic mass is 10.1. The summed E-state index contributed by atoms with van der Waals surface area (Å²) in [6, 6.07) is 10.3. The van der Waals surface area contributed by atoms with Crippen LogP contribution in [0.5, 0.6) is 0 Å². The minimum absolute atomic E-state index is 0.0180. The van der Waals surface area contributed by atoms with E-state index in [1.54, 1.807) is 0 Å². The Morgan fingerprint density at radius 1 is 1.32 bits per heavy atom. The molecule has 1 aromatic carbocycles.